The summed E-state index contributed by atoms with van der Waals surface area (Å²) in [4.78, 5) is 1.22. The van der Waals surface area contributed by atoms with Crippen LogP contribution >= 0.6 is 0 Å². The number of rotatable bonds is 4. The van der Waals surface area contributed by atoms with Crippen LogP contribution in [0.5, 0.6) is 0 Å². The molecule has 0 amide bonds. The summed E-state index contributed by atoms with van der Waals surface area (Å²) in [5.74, 6) is -0.555. The largest absolute Gasteiger partial charge is 0.405 e. The predicted molar refractivity (Wildman–Crippen MR) is 65.4 cm³/mol. The van der Waals surface area contributed by atoms with Crippen LogP contribution in [-0.4, -0.2) is 18.8 Å². The van der Waals surface area contributed by atoms with Crippen LogP contribution in [0.15, 0.2) is 18.2 Å². The van der Waals surface area contributed by atoms with Crippen molar-refractivity contribution in [2.45, 2.75) is 38.0 Å². The fraction of sp³-hybridized carbons (Fsp3) is 0.538. The lowest BCUT2D eigenvalue weighted by Crippen LogP contribution is -2.37. The second kappa shape index (κ2) is 5.00. The molecular weight excluding hydrogens is 260 g/mol. The van der Waals surface area contributed by atoms with E-state index in [1.807, 2.05) is 0 Å². The molecule has 0 saturated heterocycles. The van der Waals surface area contributed by atoms with Gasteiger partial charge >= 0.3 is 6.18 Å². The fourth-order valence-corrected chi connectivity index (χ4v) is 2.22. The Morgan fingerprint density at radius 1 is 1.37 bits per heavy atom. The van der Waals surface area contributed by atoms with Crippen molar-refractivity contribution in [2.75, 3.05) is 11.4 Å². The summed E-state index contributed by atoms with van der Waals surface area (Å²) < 4.78 is 51.7. The summed E-state index contributed by atoms with van der Waals surface area (Å²) in [7, 11) is 0. The van der Waals surface area contributed by atoms with Crippen LogP contribution in [-0.2, 0) is 0 Å². The Kier molecular flexibility index (Phi) is 3.71. The molecule has 0 spiro atoms. The van der Waals surface area contributed by atoms with Gasteiger partial charge in [-0.25, -0.2) is 4.39 Å². The van der Waals surface area contributed by atoms with Gasteiger partial charge in [0.05, 0.1) is 0 Å². The summed E-state index contributed by atoms with van der Waals surface area (Å²) in [6.45, 7) is 0.501. The first-order valence-corrected chi connectivity index (χ1v) is 6.17. The van der Waals surface area contributed by atoms with Crippen LogP contribution in [0.2, 0.25) is 0 Å². The lowest BCUT2D eigenvalue weighted by Gasteiger charge is -2.29. The fourth-order valence-electron chi connectivity index (χ4n) is 2.22. The smallest absolute Gasteiger partial charge is 0.359 e. The van der Waals surface area contributed by atoms with Gasteiger partial charge in [-0.1, -0.05) is 6.07 Å². The molecule has 0 aliphatic heterocycles. The van der Waals surface area contributed by atoms with Crippen LogP contribution in [0.25, 0.3) is 0 Å². The molecular formula is C13H16F4N2. The van der Waals surface area contributed by atoms with Crippen molar-refractivity contribution in [3.05, 3.63) is 29.6 Å². The van der Waals surface area contributed by atoms with E-state index in [4.69, 9.17) is 5.73 Å². The Balaban J connectivity index is 2.39. The minimum absolute atomic E-state index is 0.152. The molecule has 1 saturated carbocycles. The molecule has 1 aromatic carbocycles. The van der Waals surface area contributed by atoms with Gasteiger partial charge in [0.1, 0.15) is 12.4 Å². The highest BCUT2D eigenvalue weighted by Gasteiger charge is 2.39. The van der Waals surface area contributed by atoms with Crippen LogP contribution in [0.3, 0.4) is 0 Å². The Bertz CT molecular complexity index is 452. The number of hydrogen-bond donors (Lipinski definition) is 1. The molecule has 1 fully saturated rings. The predicted octanol–water partition coefficient (Wildman–Crippen LogP) is 3.38. The van der Waals surface area contributed by atoms with Gasteiger partial charge in [0, 0.05) is 23.3 Å². The zero-order valence-electron chi connectivity index (χ0n) is 10.5. The van der Waals surface area contributed by atoms with Crippen molar-refractivity contribution in [3.63, 3.8) is 0 Å². The van der Waals surface area contributed by atoms with E-state index in [1.54, 1.807) is 6.92 Å². The van der Waals surface area contributed by atoms with E-state index in [2.05, 4.69) is 0 Å². The van der Waals surface area contributed by atoms with Crippen molar-refractivity contribution in [1.82, 2.24) is 0 Å². The maximum Gasteiger partial charge on any atom is 0.405 e. The quantitative estimate of drug-likeness (QED) is 0.854. The molecule has 1 aliphatic rings. The second-order valence-electron chi connectivity index (χ2n) is 4.94. The van der Waals surface area contributed by atoms with E-state index in [0.29, 0.717) is 12.8 Å². The van der Waals surface area contributed by atoms with Crippen LogP contribution in [0.4, 0.5) is 23.2 Å². The molecule has 2 N–H and O–H groups in total. The Morgan fingerprint density at radius 3 is 2.47 bits per heavy atom. The number of hydrogen-bond acceptors (Lipinski definition) is 2. The zero-order valence-corrected chi connectivity index (χ0v) is 10.5. The molecule has 19 heavy (non-hydrogen) atoms. The van der Waals surface area contributed by atoms with E-state index < -0.39 is 24.6 Å². The van der Waals surface area contributed by atoms with E-state index >= 15 is 0 Å². The Labute approximate surface area is 109 Å². The summed E-state index contributed by atoms with van der Waals surface area (Å²) in [6.07, 6.45) is -2.92. The van der Waals surface area contributed by atoms with Gasteiger partial charge in [-0.2, -0.15) is 13.2 Å². The van der Waals surface area contributed by atoms with Crippen LogP contribution < -0.4 is 10.6 Å². The first kappa shape index (κ1) is 14.1. The molecule has 1 aromatic rings. The molecule has 2 rings (SSSR count). The molecule has 0 heterocycles. The summed E-state index contributed by atoms with van der Waals surface area (Å²) in [5.41, 5.74) is 6.10. The molecule has 0 aromatic heterocycles. The number of nitrogens with two attached hydrogens (primary N) is 1. The third kappa shape index (κ3) is 3.37. The molecule has 1 aliphatic carbocycles. The molecule has 1 atom stereocenters. The maximum absolute atomic E-state index is 13.8. The van der Waals surface area contributed by atoms with Crippen molar-refractivity contribution in [2.24, 2.45) is 5.73 Å². The van der Waals surface area contributed by atoms with E-state index in [-0.39, 0.29) is 17.3 Å². The van der Waals surface area contributed by atoms with Gasteiger partial charge in [-0.15, -0.1) is 0 Å². The van der Waals surface area contributed by atoms with Crippen molar-refractivity contribution < 1.29 is 17.6 Å². The Morgan fingerprint density at radius 2 is 2.00 bits per heavy atom. The topological polar surface area (TPSA) is 29.3 Å². The average Bonchev–Trinajstić information content (AvgIpc) is 3.07. The second-order valence-corrected chi connectivity index (χ2v) is 4.94. The molecule has 0 radical (unpaired) electrons. The minimum Gasteiger partial charge on any atom is -0.359 e. The maximum atomic E-state index is 13.8. The summed E-state index contributed by atoms with van der Waals surface area (Å²) in [5, 5.41) is 0. The van der Waals surface area contributed by atoms with Crippen molar-refractivity contribution in [3.8, 4) is 0 Å². The molecule has 0 unspecified atom stereocenters. The minimum atomic E-state index is -4.32. The molecule has 6 heteroatoms. The standard InChI is InChI=1S/C13H16F4N2/c1-8(18)12-10(14)3-2-4-11(12)19(9-5-6-9)7-13(15,16)17/h2-4,8-9H,5-7,18H2,1H3/t8-/m0/s1. The first-order valence-electron chi connectivity index (χ1n) is 6.17. The van der Waals surface area contributed by atoms with Crippen molar-refractivity contribution >= 4 is 5.69 Å². The summed E-state index contributed by atoms with van der Waals surface area (Å²) in [6, 6.07) is 3.33. The number of benzene rings is 1. The normalized spacial score (nSPS) is 17.4. The number of halogens is 4. The van der Waals surface area contributed by atoms with Gasteiger partial charge < -0.3 is 10.6 Å². The van der Waals surface area contributed by atoms with Gasteiger partial charge in [-0.3, -0.25) is 0 Å². The summed E-state index contributed by atoms with van der Waals surface area (Å²) >= 11 is 0. The number of alkyl halides is 3. The highest BCUT2D eigenvalue weighted by atomic mass is 19.4. The van der Waals surface area contributed by atoms with E-state index in [1.165, 1.54) is 23.1 Å². The van der Waals surface area contributed by atoms with E-state index in [9.17, 15) is 17.6 Å². The third-order valence-corrected chi connectivity index (χ3v) is 3.13. The number of anilines is 1. The molecule has 0 bridgehead atoms. The first-order chi connectivity index (χ1) is 8.79. The zero-order chi connectivity index (χ0) is 14.2. The van der Waals surface area contributed by atoms with Crippen LogP contribution in [0.1, 0.15) is 31.4 Å². The van der Waals surface area contributed by atoms with Gasteiger partial charge in [0.2, 0.25) is 0 Å². The van der Waals surface area contributed by atoms with Gasteiger partial charge in [0.25, 0.3) is 0 Å². The monoisotopic (exact) mass is 276 g/mol. The highest BCUT2D eigenvalue weighted by molar-refractivity contribution is 5.57. The van der Waals surface area contributed by atoms with Gasteiger partial charge in [0.15, 0.2) is 0 Å². The van der Waals surface area contributed by atoms with Crippen LogP contribution in [0, 0.1) is 5.82 Å². The Hall–Kier alpha value is -1.30. The lowest BCUT2D eigenvalue weighted by molar-refractivity contribution is -0.120. The SMILES string of the molecule is C[C@H](N)c1c(F)cccc1N(CC(F)(F)F)C1CC1. The third-order valence-electron chi connectivity index (χ3n) is 3.13. The lowest BCUT2D eigenvalue weighted by atomic mass is 10.0. The van der Waals surface area contributed by atoms with Gasteiger partial charge in [-0.05, 0) is 31.9 Å². The average molecular weight is 276 g/mol. The number of nitrogens with zero attached hydrogens (tertiary/aromatic N) is 1. The highest BCUT2D eigenvalue weighted by Crippen LogP contribution is 2.38. The molecule has 2 nitrogen and oxygen atoms in total. The molecule has 106 valence electrons. The van der Waals surface area contributed by atoms with E-state index in [0.717, 1.165) is 0 Å². The van der Waals surface area contributed by atoms with Crippen molar-refractivity contribution in [1.29, 1.82) is 0 Å².